The minimum absolute atomic E-state index is 0.278. The van der Waals surface area contributed by atoms with Crippen molar-refractivity contribution in [3.8, 4) is 0 Å². The third kappa shape index (κ3) is 1.83. The molecular formula is C12H17NO3S. The van der Waals surface area contributed by atoms with Gasteiger partial charge in [-0.3, -0.25) is 0 Å². The number of aryl methyl sites for hydroxylation is 2. The molecule has 2 N–H and O–H groups in total. The van der Waals surface area contributed by atoms with E-state index in [0.717, 1.165) is 11.1 Å². The van der Waals surface area contributed by atoms with Crippen LogP contribution in [-0.4, -0.2) is 31.4 Å². The van der Waals surface area contributed by atoms with Crippen LogP contribution in [0, 0.1) is 13.8 Å². The van der Waals surface area contributed by atoms with E-state index >= 15 is 0 Å². The molecular weight excluding hydrogens is 238 g/mol. The van der Waals surface area contributed by atoms with Crippen LogP contribution in [0.4, 0.5) is 5.69 Å². The molecule has 2 atom stereocenters. The molecule has 2 unspecified atom stereocenters. The van der Waals surface area contributed by atoms with Crippen LogP contribution in [0.25, 0.3) is 0 Å². The van der Waals surface area contributed by atoms with Gasteiger partial charge in [0.2, 0.25) is 0 Å². The predicted molar refractivity (Wildman–Crippen MR) is 67.1 cm³/mol. The lowest BCUT2D eigenvalue weighted by Crippen LogP contribution is -2.44. The molecule has 17 heavy (non-hydrogen) atoms. The van der Waals surface area contributed by atoms with E-state index in [4.69, 9.17) is 0 Å². The minimum atomic E-state index is -3.43. The number of benzene rings is 1. The number of sulfone groups is 1. The Kier molecular flexibility index (Phi) is 2.91. The van der Waals surface area contributed by atoms with Gasteiger partial charge in [-0.05, 0) is 44.0 Å². The van der Waals surface area contributed by atoms with E-state index in [1.807, 2.05) is 19.9 Å². The Morgan fingerprint density at radius 1 is 1.29 bits per heavy atom. The van der Waals surface area contributed by atoms with E-state index in [1.165, 1.54) is 0 Å². The van der Waals surface area contributed by atoms with E-state index in [1.54, 1.807) is 13.0 Å². The predicted octanol–water partition coefficient (Wildman–Crippen LogP) is 1.25. The second-order valence-corrected chi connectivity index (χ2v) is 6.77. The summed E-state index contributed by atoms with van der Waals surface area (Å²) in [5.41, 5.74) is 2.65. The normalized spacial score (nSPS) is 26.1. The number of aliphatic hydroxyl groups excluding tert-OH is 1. The number of rotatable bonds is 1. The van der Waals surface area contributed by atoms with Crippen LogP contribution in [0.3, 0.4) is 0 Å². The van der Waals surface area contributed by atoms with Gasteiger partial charge in [-0.1, -0.05) is 0 Å². The minimum Gasteiger partial charge on any atom is -0.395 e. The van der Waals surface area contributed by atoms with E-state index in [0.29, 0.717) is 10.6 Å². The lowest BCUT2D eigenvalue weighted by atomic mass is 10.1. The van der Waals surface area contributed by atoms with Gasteiger partial charge in [-0.25, -0.2) is 8.42 Å². The first kappa shape index (κ1) is 12.4. The molecule has 4 nitrogen and oxygen atoms in total. The molecule has 0 spiro atoms. The monoisotopic (exact) mass is 255 g/mol. The van der Waals surface area contributed by atoms with Crippen molar-refractivity contribution in [1.29, 1.82) is 0 Å². The van der Waals surface area contributed by atoms with Crippen molar-refractivity contribution in [2.75, 3.05) is 11.9 Å². The highest BCUT2D eigenvalue weighted by Crippen LogP contribution is 2.34. The third-order valence-electron chi connectivity index (χ3n) is 3.42. The van der Waals surface area contributed by atoms with Gasteiger partial charge in [0.1, 0.15) is 5.25 Å². The van der Waals surface area contributed by atoms with Crippen LogP contribution < -0.4 is 5.32 Å². The fraction of sp³-hybridized carbons (Fsp3) is 0.500. The van der Waals surface area contributed by atoms with Gasteiger partial charge in [0, 0.05) is 6.04 Å². The van der Waals surface area contributed by atoms with Crippen LogP contribution in [-0.2, 0) is 9.84 Å². The van der Waals surface area contributed by atoms with Crippen LogP contribution in [0.1, 0.15) is 18.1 Å². The Morgan fingerprint density at radius 3 is 2.47 bits per heavy atom. The maximum atomic E-state index is 12.3. The Bertz CT molecular complexity index is 551. The molecule has 1 aliphatic heterocycles. The molecule has 0 aromatic heterocycles. The summed E-state index contributed by atoms with van der Waals surface area (Å²) < 4.78 is 24.6. The smallest absolute Gasteiger partial charge is 0.187 e. The first-order valence-corrected chi connectivity index (χ1v) is 7.15. The fourth-order valence-corrected chi connectivity index (χ4v) is 4.06. The van der Waals surface area contributed by atoms with Crippen molar-refractivity contribution in [2.45, 2.75) is 37.0 Å². The van der Waals surface area contributed by atoms with Crippen molar-refractivity contribution in [3.05, 3.63) is 23.3 Å². The zero-order valence-corrected chi connectivity index (χ0v) is 11.0. The summed E-state index contributed by atoms with van der Waals surface area (Å²) in [6.45, 7) is 5.25. The summed E-state index contributed by atoms with van der Waals surface area (Å²) >= 11 is 0. The van der Waals surface area contributed by atoms with E-state index < -0.39 is 15.1 Å². The maximum Gasteiger partial charge on any atom is 0.187 e. The molecule has 0 amide bonds. The van der Waals surface area contributed by atoms with E-state index in [9.17, 15) is 13.5 Å². The van der Waals surface area contributed by atoms with Crippen LogP contribution in [0.15, 0.2) is 17.0 Å². The number of aliphatic hydroxyl groups is 1. The number of nitrogens with one attached hydrogen (secondary N) is 1. The average molecular weight is 255 g/mol. The zero-order chi connectivity index (χ0) is 12.8. The van der Waals surface area contributed by atoms with Gasteiger partial charge in [-0.2, -0.15) is 0 Å². The van der Waals surface area contributed by atoms with Crippen molar-refractivity contribution < 1.29 is 13.5 Å². The lowest BCUT2D eigenvalue weighted by Gasteiger charge is -2.31. The molecule has 1 aliphatic rings. The maximum absolute atomic E-state index is 12.3. The Balaban J connectivity index is 2.67. The summed E-state index contributed by atoms with van der Waals surface area (Å²) in [6.07, 6.45) is 0. The molecule has 5 heteroatoms. The zero-order valence-electron chi connectivity index (χ0n) is 10.2. The Labute approximate surface area is 102 Å². The first-order valence-electron chi connectivity index (χ1n) is 5.60. The summed E-state index contributed by atoms with van der Waals surface area (Å²) in [7, 11) is -3.43. The lowest BCUT2D eigenvalue weighted by molar-refractivity contribution is 0.282. The summed E-state index contributed by atoms with van der Waals surface area (Å²) in [4.78, 5) is 0.303. The number of hydrogen-bond donors (Lipinski definition) is 2. The number of fused-ring (bicyclic) bond motifs is 1. The summed E-state index contributed by atoms with van der Waals surface area (Å²) in [5.74, 6) is 0. The molecule has 0 saturated carbocycles. The molecule has 0 aliphatic carbocycles. The third-order valence-corrected chi connectivity index (χ3v) is 5.73. The molecule has 1 heterocycles. The van der Waals surface area contributed by atoms with E-state index in [2.05, 4.69) is 5.32 Å². The van der Waals surface area contributed by atoms with Gasteiger partial charge < -0.3 is 10.4 Å². The van der Waals surface area contributed by atoms with Crippen LogP contribution in [0.5, 0.6) is 0 Å². The molecule has 1 aromatic carbocycles. The van der Waals surface area contributed by atoms with Crippen molar-refractivity contribution in [1.82, 2.24) is 0 Å². The highest BCUT2D eigenvalue weighted by Gasteiger charge is 2.38. The summed E-state index contributed by atoms with van der Waals surface area (Å²) in [6, 6.07) is 3.26. The van der Waals surface area contributed by atoms with Crippen LogP contribution in [0.2, 0.25) is 0 Å². The van der Waals surface area contributed by atoms with Gasteiger partial charge in [0.05, 0.1) is 17.2 Å². The molecule has 2 rings (SSSR count). The number of anilines is 1. The topological polar surface area (TPSA) is 66.4 Å². The largest absolute Gasteiger partial charge is 0.395 e. The van der Waals surface area contributed by atoms with Crippen molar-refractivity contribution in [3.63, 3.8) is 0 Å². The number of hydrogen-bond acceptors (Lipinski definition) is 4. The van der Waals surface area contributed by atoms with Crippen LogP contribution >= 0.6 is 0 Å². The summed E-state index contributed by atoms with van der Waals surface area (Å²) in [5, 5.41) is 11.6. The SMILES string of the molecule is Cc1cc2c(cc1C)S(=O)(=O)C(CO)C(C)N2. The Hall–Kier alpha value is -1.07. The van der Waals surface area contributed by atoms with Crippen molar-refractivity contribution >= 4 is 15.5 Å². The molecule has 0 bridgehead atoms. The fourth-order valence-electron chi connectivity index (χ4n) is 2.16. The standard InChI is InChI=1S/C12H17NO3S/c1-7-4-10-11(5-8(7)2)17(15,16)12(6-14)9(3)13-10/h4-5,9,12-14H,6H2,1-3H3. The molecule has 0 fully saturated rings. The van der Waals surface area contributed by atoms with E-state index in [-0.39, 0.29) is 12.6 Å². The van der Waals surface area contributed by atoms with Gasteiger partial charge >= 0.3 is 0 Å². The van der Waals surface area contributed by atoms with Crippen molar-refractivity contribution in [2.24, 2.45) is 0 Å². The molecule has 0 radical (unpaired) electrons. The van der Waals surface area contributed by atoms with Gasteiger partial charge in [0.25, 0.3) is 0 Å². The first-order chi connectivity index (χ1) is 7.87. The van der Waals surface area contributed by atoms with Gasteiger partial charge in [0.15, 0.2) is 9.84 Å². The molecule has 0 saturated heterocycles. The molecule has 94 valence electrons. The van der Waals surface area contributed by atoms with Gasteiger partial charge in [-0.15, -0.1) is 0 Å². The highest BCUT2D eigenvalue weighted by molar-refractivity contribution is 7.92. The molecule has 1 aromatic rings. The average Bonchev–Trinajstić information content (AvgIpc) is 2.21. The second kappa shape index (κ2) is 3.99. The second-order valence-electron chi connectivity index (χ2n) is 4.63. The Morgan fingerprint density at radius 2 is 1.88 bits per heavy atom. The quantitative estimate of drug-likeness (QED) is 0.792. The highest BCUT2D eigenvalue weighted by atomic mass is 32.2.